The van der Waals surface area contributed by atoms with Crippen LogP contribution >= 0.6 is 0 Å². The van der Waals surface area contributed by atoms with Gasteiger partial charge in [-0.2, -0.15) is 9.97 Å². The van der Waals surface area contributed by atoms with Gasteiger partial charge in [-0.25, -0.2) is 4.98 Å². The van der Waals surface area contributed by atoms with Gasteiger partial charge in [-0.3, -0.25) is 9.55 Å². The van der Waals surface area contributed by atoms with Gasteiger partial charge < -0.3 is 0 Å². The van der Waals surface area contributed by atoms with Crippen molar-refractivity contribution >= 4 is 54.1 Å². The molecular formula is C42H25N5. The number of pyridine rings is 1. The van der Waals surface area contributed by atoms with Crippen molar-refractivity contribution in [2.45, 2.75) is 0 Å². The Kier molecular flexibility index (Phi) is 5.51. The number of benzene rings is 7. The lowest BCUT2D eigenvalue weighted by Gasteiger charge is -2.15. The van der Waals surface area contributed by atoms with Gasteiger partial charge in [0.15, 0.2) is 11.6 Å². The van der Waals surface area contributed by atoms with E-state index in [9.17, 15) is 0 Å². The normalized spacial score (nSPS) is 11.8. The van der Waals surface area contributed by atoms with E-state index >= 15 is 0 Å². The van der Waals surface area contributed by atoms with Gasteiger partial charge in [-0.05, 0) is 63.3 Å². The fourth-order valence-corrected chi connectivity index (χ4v) is 7.13. The number of nitrogens with zero attached hydrogens (tertiary/aromatic N) is 5. The van der Waals surface area contributed by atoms with Crippen molar-refractivity contribution in [3.8, 4) is 40.0 Å². The first kappa shape index (κ1) is 25.8. The highest BCUT2D eigenvalue weighted by atomic mass is 15.2. The standard InChI is InChI=1S/C42H25N5/c1-3-11-26(12-4-1)40-44-41(27-13-5-2-6-14-27)46-42(45-40)47-36-17-8-7-15-32(36)34-25-30-19-18-28-23-31(35-16-9-10-22-43-35)24-29-20-21-33(39(34)47)38(30)37(28)29/h1-25H. The molecule has 10 aromatic rings. The zero-order valence-electron chi connectivity index (χ0n) is 25.2. The molecule has 0 bridgehead atoms. The summed E-state index contributed by atoms with van der Waals surface area (Å²) in [7, 11) is 0. The largest absolute Gasteiger partial charge is 0.277 e. The van der Waals surface area contributed by atoms with Gasteiger partial charge in [0.1, 0.15) is 0 Å². The average molecular weight is 600 g/mol. The minimum absolute atomic E-state index is 0.594. The molecule has 0 aliphatic heterocycles. The summed E-state index contributed by atoms with van der Waals surface area (Å²) < 4.78 is 2.23. The summed E-state index contributed by atoms with van der Waals surface area (Å²) in [4.78, 5) is 19.9. The first-order chi connectivity index (χ1) is 23.3. The highest BCUT2D eigenvalue weighted by Crippen LogP contribution is 2.43. The Morgan fingerprint density at radius 1 is 0.426 bits per heavy atom. The van der Waals surface area contributed by atoms with Gasteiger partial charge in [0, 0.05) is 39.0 Å². The van der Waals surface area contributed by atoms with E-state index < -0.39 is 0 Å². The number of para-hydroxylation sites is 1. The van der Waals surface area contributed by atoms with Crippen LogP contribution in [0.5, 0.6) is 0 Å². The Morgan fingerprint density at radius 3 is 1.72 bits per heavy atom. The first-order valence-corrected chi connectivity index (χ1v) is 15.7. The molecule has 0 unspecified atom stereocenters. The van der Waals surface area contributed by atoms with Crippen molar-refractivity contribution in [3.63, 3.8) is 0 Å². The van der Waals surface area contributed by atoms with E-state index in [0.717, 1.165) is 38.8 Å². The molecular weight excluding hydrogens is 574 g/mol. The Hall–Kier alpha value is -6.46. The van der Waals surface area contributed by atoms with Crippen LogP contribution in [0, 0.1) is 0 Å². The number of fused-ring (bicyclic) bond motifs is 4. The summed E-state index contributed by atoms with van der Waals surface area (Å²) in [6.07, 6.45) is 1.85. The summed E-state index contributed by atoms with van der Waals surface area (Å²) in [5.74, 6) is 1.87. The molecule has 7 aromatic carbocycles. The summed E-state index contributed by atoms with van der Waals surface area (Å²) in [5.41, 5.74) is 6.12. The van der Waals surface area contributed by atoms with Crippen LogP contribution in [-0.2, 0) is 0 Å². The van der Waals surface area contributed by atoms with Crippen LogP contribution in [0.15, 0.2) is 152 Å². The zero-order chi connectivity index (χ0) is 30.9. The van der Waals surface area contributed by atoms with Crippen molar-refractivity contribution in [1.29, 1.82) is 0 Å². The van der Waals surface area contributed by atoms with Gasteiger partial charge in [0.25, 0.3) is 0 Å². The van der Waals surface area contributed by atoms with Crippen molar-refractivity contribution < 1.29 is 0 Å². The highest BCUT2D eigenvalue weighted by Gasteiger charge is 2.22. The molecule has 0 saturated carbocycles. The molecule has 0 saturated heterocycles. The Balaban J connectivity index is 1.32. The SMILES string of the molecule is c1ccc(-c2nc(-c3ccccc3)nc(-n3c4ccccc4c4cc5ccc6cc(-c7ccccn7)cc7ccc(c5c67)c43)n2)cc1. The van der Waals surface area contributed by atoms with Crippen LogP contribution in [0.3, 0.4) is 0 Å². The van der Waals surface area contributed by atoms with Crippen LogP contribution < -0.4 is 0 Å². The summed E-state index contributed by atoms with van der Waals surface area (Å²) in [5, 5.41) is 9.60. The predicted molar refractivity (Wildman–Crippen MR) is 192 cm³/mol. The highest BCUT2D eigenvalue weighted by molar-refractivity contribution is 6.31. The number of aromatic nitrogens is 5. The van der Waals surface area contributed by atoms with Gasteiger partial charge in [0.05, 0.1) is 16.7 Å². The Morgan fingerprint density at radius 2 is 1.04 bits per heavy atom. The molecule has 0 radical (unpaired) electrons. The summed E-state index contributed by atoms with van der Waals surface area (Å²) in [6.45, 7) is 0. The molecule has 0 fully saturated rings. The predicted octanol–water partition coefficient (Wildman–Crippen LogP) is 10.3. The molecule has 0 atom stereocenters. The molecule has 0 N–H and O–H groups in total. The first-order valence-electron chi connectivity index (χ1n) is 15.7. The fraction of sp³-hybridized carbons (Fsp3) is 0. The van der Waals surface area contributed by atoms with Crippen LogP contribution in [-0.4, -0.2) is 24.5 Å². The molecule has 5 heteroatoms. The van der Waals surface area contributed by atoms with Gasteiger partial charge in [-0.15, -0.1) is 0 Å². The second kappa shape index (κ2) is 10.0. The molecule has 218 valence electrons. The molecule has 5 nitrogen and oxygen atoms in total. The molecule has 3 heterocycles. The Labute approximate surface area is 269 Å². The second-order valence-corrected chi connectivity index (χ2v) is 11.9. The molecule has 3 aromatic heterocycles. The van der Waals surface area contributed by atoms with E-state index in [-0.39, 0.29) is 0 Å². The lowest BCUT2D eigenvalue weighted by atomic mass is 9.91. The van der Waals surface area contributed by atoms with Crippen molar-refractivity contribution in [3.05, 3.63) is 152 Å². The molecule has 0 amide bonds. The third kappa shape index (κ3) is 3.97. The smallest absolute Gasteiger partial charge is 0.238 e. The van der Waals surface area contributed by atoms with Gasteiger partial charge in [0.2, 0.25) is 5.95 Å². The maximum Gasteiger partial charge on any atom is 0.238 e. The lowest BCUT2D eigenvalue weighted by Crippen LogP contribution is -2.06. The molecule has 0 spiro atoms. The fourth-order valence-electron chi connectivity index (χ4n) is 7.13. The summed E-state index contributed by atoms with van der Waals surface area (Å²) in [6, 6.07) is 50.7. The maximum atomic E-state index is 5.16. The topological polar surface area (TPSA) is 56.5 Å². The molecule has 0 aliphatic carbocycles. The summed E-state index contributed by atoms with van der Waals surface area (Å²) >= 11 is 0. The molecule has 10 rings (SSSR count). The monoisotopic (exact) mass is 599 g/mol. The van der Waals surface area contributed by atoms with E-state index in [4.69, 9.17) is 15.0 Å². The van der Waals surface area contributed by atoms with Crippen LogP contribution in [0.1, 0.15) is 0 Å². The number of hydrogen-bond donors (Lipinski definition) is 0. The average Bonchev–Trinajstić information content (AvgIpc) is 3.48. The number of rotatable bonds is 4. The van der Waals surface area contributed by atoms with E-state index in [0.29, 0.717) is 17.6 Å². The third-order valence-corrected chi connectivity index (χ3v) is 9.20. The van der Waals surface area contributed by atoms with Crippen LogP contribution in [0.25, 0.3) is 94.1 Å². The van der Waals surface area contributed by atoms with Crippen molar-refractivity contribution in [2.75, 3.05) is 0 Å². The Bertz CT molecular complexity index is 2690. The number of hydrogen-bond acceptors (Lipinski definition) is 4. The van der Waals surface area contributed by atoms with Crippen molar-refractivity contribution in [1.82, 2.24) is 24.5 Å². The molecule has 47 heavy (non-hydrogen) atoms. The van der Waals surface area contributed by atoms with E-state index in [1.54, 1.807) is 0 Å². The zero-order valence-corrected chi connectivity index (χ0v) is 25.2. The maximum absolute atomic E-state index is 5.16. The van der Waals surface area contributed by atoms with Crippen LogP contribution in [0.4, 0.5) is 0 Å². The quantitative estimate of drug-likeness (QED) is 0.189. The van der Waals surface area contributed by atoms with Crippen molar-refractivity contribution in [2.24, 2.45) is 0 Å². The third-order valence-electron chi connectivity index (χ3n) is 9.20. The van der Waals surface area contributed by atoms with E-state index in [1.807, 2.05) is 79.0 Å². The molecule has 0 aliphatic rings. The van der Waals surface area contributed by atoms with Gasteiger partial charge in [-0.1, -0.05) is 109 Å². The minimum Gasteiger partial charge on any atom is -0.277 e. The van der Waals surface area contributed by atoms with E-state index in [1.165, 1.54) is 37.7 Å². The lowest BCUT2D eigenvalue weighted by molar-refractivity contribution is 0.955. The minimum atomic E-state index is 0.594. The second-order valence-electron chi connectivity index (χ2n) is 11.9. The van der Waals surface area contributed by atoms with Gasteiger partial charge >= 0.3 is 0 Å². The van der Waals surface area contributed by atoms with Crippen LogP contribution in [0.2, 0.25) is 0 Å². The van der Waals surface area contributed by atoms with E-state index in [2.05, 4.69) is 82.3 Å².